The Morgan fingerprint density at radius 2 is 1.03 bits per heavy atom. The van der Waals surface area contributed by atoms with Gasteiger partial charge in [-0.3, -0.25) is 19.2 Å². The van der Waals surface area contributed by atoms with Crippen LogP contribution >= 0.6 is 0 Å². The van der Waals surface area contributed by atoms with Crippen LogP contribution in [0.2, 0.25) is 0 Å². The molecule has 0 atom stereocenters. The van der Waals surface area contributed by atoms with E-state index in [0.717, 1.165) is 27.2 Å². The minimum absolute atomic E-state index is 0.157. The van der Waals surface area contributed by atoms with Crippen LogP contribution in [0.15, 0.2) is 78.9 Å². The first kappa shape index (κ1) is 25.6. The molecule has 1 aliphatic rings. The van der Waals surface area contributed by atoms with Gasteiger partial charge in [0.05, 0.1) is 16.8 Å². The molecule has 7 nitrogen and oxygen atoms in total. The molecule has 0 saturated heterocycles. The van der Waals surface area contributed by atoms with Crippen molar-refractivity contribution in [3.8, 4) is 0 Å². The lowest BCUT2D eigenvalue weighted by atomic mass is 10.0. The van der Waals surface area contributed by atoms with Crippen LogP contribution in [0.25, 0.3) is 0 Å². The fourth-order valence-corrected chi connectivity index (χ4v) is 4.42. The van der Waals surface area contributed by atoms with Gasteiger partial charge in [-0.25, -0.2) is 4.90 Å². The number of hydrogen-bond acceptors (Lipinski definition) is 4. The van der Waals surface area contributed by atoms with Gasteiger partial charge >= 0.3 is 0 Å². The summed E-state index contributed by atoms with van der Waals surface area (Å²) in [5.41, 5.74) is 7.07. The van der Waals surface area contributed by atoms with Gasteiger partial charge in [-0.05, 0) is 117 Å². The Hall–Kier alpha value is -5.04. The quantitative estimate of drug-likeness (QED) is 0.307. The highest BCUT2D eigenvalue weighted by Gasteiger charge is 2.37. The van der Waals surface area contributed by atoms with Crippen molar-refractivity contribution < 1.29 is 19.2 Å². The molecule has 0 bridgehead atoms. The van der Waals surface area contributed by atoms with Gasteiger partial charge in [0.15, 0.2) is 0 Å². The monoisotopic (exact) mass is 517 g/mol. The van der Waals surface area contributed by atoms with Gasteiger partial charge in [-0.1, -0.05) is 12.1 Å². The lowest BCUT2D eigenvalue weighted by Crippen LogP contribution is -2.29. The van der Waals surface area contributed by atoms with Gasteiger partial charge in [-0.2, -0.15) is 0 Å². The van der Waals surface area contributed by atoms with E-state index in [0.29, 0.717) is 22.6 Å². The molecule has 0 spiro atoms. The summed E-state index contributed by atoms with van der Waals surface area (Å²) in [5.74, 6) is -1.68. The first-order valence-electron chi connectivity index (χ1n) is 12.5. The van der Waals surface area contributed by atoms with Crippen molar-refractivity contribution in [3.63, 3.8) is 0 Å². The van der Waals surface area contributed by atoms with Crippen LogP contribution in [0, 0.1) is 27.7 Å². The third-order valence-electron chi connectivity index (χ3n) is 7.07. The normalized spacial score (nSPS) is 12.4. The molecule has 0 radical (unpaired) electrons. The van der Waals surface area contributed by atoms with Crippen LogP contribution in [0.3, 0.4) is 0 Å². The number of rotatable bonds is 5. The Bertz CT molecular complexity index is 1670. The first-order chi connectivity index (χ1) is 18.6. The molecule has 0 aromatic heterocycles. The predicted octanol–water partition coefficient (Wildman–Crippen LogP) is 6.23. The average Bonchev–Trinajstić information content (AvgIpc) is 3.17. The number of fused-ring (bicyclic) bond motifs is 1. The van der Waals surface area contributed by atoms with E-state index in [1.807, 2.05) is 64.1 Å². The number of aryl methyl sites for hydroxylation is 4. The lowest BCUT2D eigenvalue weighted by Gasteiger charge is -2.14. The van der Waals surface area contributed by atoms with Crippen molar-refractivity contribution in [2.24, 2.45) is 0 Å². The van der Waals surface area contributed by atoms with E-state index in [1.165, 1.54) is 18.2 Å². The van der Waals surface area contributed by atoms with E-state index in [4.69, 9.17) is 0 Å². The van der Waals surface area contributed by atoms with Crippen LogP contribution in [0.5, 0.6) is 0 Å². The average molecular weight is 518 g/mol. The predicted molar refractivity (Wildman–Crippen MR) is 152 cm³/mol. The molecule has 2 N–H and O–H groups in total. The molecule has 7 heteroatoms. The van der Waals surface area contributed by atoms with Crippen molar-refractivity contribution in [3.05, 3.63) is 123 Å². The third-order valence-corrected chi connectivity index (χ3v) is 7.07. The zero-order valence-corrected chi connectivity index (χ0v) is 22.1. The zero-order chi connectivity index (χ0) is 27.8. The maximum atomic E-state index is 13.2. The number of imide groups is 1. The maximum absolute atomic E-state index is 13.2. The number of hydrogen-bond donors (Lipinski definition) is 2. The molecule has 4 aromatic carbocycles. The number of amides is 4. The summed E-state index contributed by atoms with van der Waals surface area (Å²) in [4.78, 5) is 53.0. The Morgan fingerprint density at radius 3 is 1.56 bits per heavy atom. The molecule has 194 valence electrons. The number of nitrogens with one attached hydrogen (secondary N) is 2. The zero-order valence-electron chi connectivity index (χ0n) is 22.1. The summed E-state index contributed by atoms with van der Waals surface area (Å²) in [6.45, 7) is 7.93. The van der Waals surface area contributed by atoms with Gasteiger partial charge in [0.25, 0.3) is 23.6 Å². The van der Waals surface area contributed by atoms with E-state index >= 15 is 0 Å². The van der Waals surface area contributed by atoms with Crippen molar-refractivity contribution in [1.82, 2.24) is 0 Å². The van der Waals surface area contributed by atoms with Crippen molar-refractivity contribution in [1.29, 1.82) is 0 Å². The minimum Gasteiger partial charge on any atom is -0.322 e. The molecule has 1 heterocycles. The molecule has 0 saturated carbocycles. The van der Waals surface area contributed by atoms with Crippen LogP contribution in [-0.4, -0.2) is 23.6 Å². The van der Waals surface area contributed by atoms with Crippen molar-refractivity contribution in [2.75, 3.05) is 15.5 Å². The van der Waals surface area contributed by atoms with Gasteiger partial charge in [0.2, 0.25) is 0 Å². The highest BCUT2D eigenvalue weighted by molar-refractivity contribution is 6.34. The molecular weight excluding hydrogens is 490 g/mol. The second-order valence-electron chi connectivity index (χ2n) is 9.76. The highest BCUT2D eigenvalue weighted by Crippen LogP contribution is 2.30. The fraction of sp³-hybridized carbons (Fsp3) is 0.125. The number of benzene rings is 4. The van der Waals surface area contributed by atoms with E-state index in [1.54, 1.807) is 24.3 Å². The number of carbonyl (C=O) groups is 4. The smallest absolute Gasteiger partial charge is 0.266 e. The molecule has 0 aliphatic carbocycles. The lowest BCUT2D eigenvalue weighted by molar-refractivity contribution is 0.0924. The molecule has 0 unspecified atom stereocenters. The number of anilines is 3. The van der Waals surface area contributed by atoms with E-state index in [9.17, 15) is 19.2 Å². The molecule has 5 rings (SSSR count). The largest absolute Gasteiger partial charge is 0.322 e. The molecule has 4 aromatic rings. The van der Waals surface area contributed by atoms with Crippen LogP contribution < -0.4 is 15.5 Å². The fourth-order valence-electron chi connectivity index (χ4n) is 4.42. The van der Waals surface area contributed by atoms with Crippen LogP contribution in [0.1, 0.15) is 63.7 Å². The Kier molecular flexibility index (Phi) is 6.58. The SMILES string of the molecule is Cc1ccc(NC(=O)c2ccc(N3C(=O)c4ccc(C(=O)Nc5ccc(C)c(C)c5)cc4C3=O)cc2)cc1C. The summed E-state index contributed by atoms with van der Waals surface area (Å²) in [6.07, 6.45) is 0. The minimum atomic E-state index is -0.525. The van der Waals surface area contributed by atoms with E-state index in [-0.39, 0.29) is 28.5 Å². The van der Waals surface area contributed by atoms with Gasteiger partial charge in [-0.15, -0.1) is 0 Å². The van der Waals surface area contributed by atoms with Crippen LogP contribution in [0.4, 0.5) is 17.1 Å². The summed E-state index contributed by atoms with van der Waals surface area (Å²) < 4.78 is 0. The Labute approximate surface area is 226 Å². The van der Waals surface area contributed by atoms with Crippen molar-refractivity contribution >= 4 is 40.7 Å². The standard InChI is InChI=1S/C32H27N3O4/c1-18-5-10-24(15-20(18)3)33-29(36)22-7-12-26(13-8-22)35-31(38)27-14-9-23(17-28(27)32(35)39)30(37)34-25-11-6-19(2)21(4)16-25/h5-17H,1-4H3,(H,33,36)(H,34,37). The van der Waals surface area contributed by atoms with Crippen molar-refractivity contribution in [2.45, 2.75) is 27.7 Å². The number of nitrogens with zero attached hydrogens (tertiary/aromatic N) is 1. The summed E-state index contributed by atoms with van der Waals surface area (Å²) in [7, 11) is 0. The van der Waals surface area contributed by atoms with Gasteiger partial charge in [0.1, 0.15) is 0 Å². The van der Waals surface area contributed by atoms with Gasteiger partial charge < -0.3 is 10.6 Å². The second kappa shape index (κ2) is 10.0. The Balaban J connectivity index is 1.32. The topological polar surface area (TPSA) is 95.6 Å². The highest BCUT2D eigenvalue weighted by atomic mass is 16.2. The van der Waals surface area contributed by atoms with E-state index in [2.05, 4.69) is 10.6 Å². The summed E-state index contributed by atoms with van der Waals surface area (Å²) in [6, 6.07) is 22.0. The van der Waals surface area contributed by atoms with Crippen LogP contribution in [-0.2, 0) is 0 Å². The van der Waals surface area contributed by atoms with E-state index < -0.39 is 11.8 Å². The molecule has 1 aliphatic heterocycles. The Morgan fingerprint density at radius 1 is 0.538 bits per heavy atom. The summed E-state index contributed by atoms with van der Waals surface area (Å²) in [5, 5.41) is 5.70. The first-order valence-corrected chi connectivity index (χ1v) is 12.5. The van der Waals surface area contributed by atoms with Gasteiger partial charge in [0, 0.05) is 22.5 Å². The second-order valence-corrected chi connectivity index (χ2v) is 9.76. The molecule has 4 amide bonds. The molecule has 0 fully saturated rings. The molecular formula is C32H27N3O4. The number of carbonyl (C=O) groups excluding carboxylic acids is 4. The third kappa shape index (κ3) is 4.94. The summed E-state index contributed by atoms with van der Waals surface area (Å²) >= 11 is 0. The maximum Gasteiger partial charge on any atom is 0.266 e. The molecule has 39 heavy (non-hydrogen) atoms.